The second kappa shape index (κ2) is 7.37. The van der Waals surface area contributed by atoms with Gasteiger partial charge in [0.2, 0.25) is 17.7 Å². The molecule has 4 rings (SSSR count). The fraction of sp³-hybridized carbons (Fsp3) is 0.789. The zero-order chi connectivity index (χ0) is 18.1. The Morgan fingerprint density at radius 3 is 2.42 bits per heavy atom. The van der Waals surface area contributed by atoms with Gasteiger partial charge in [-0.2, -0.15) is 4.98 Å². The fourth-order valence-corrected chi connectivity index (χ4v) is 4.12. The molecule has 1 N–H and O–H groups in total. The van der Waals surface area contributed by atoms with Crippen molar-refractivity contribution in [2.24, 2.45) is 11.8 Å². The molecule has 0 radical (unpaired) electrons. The summed E-state index contributed by atoms with van der Waals surface area (Å²) in [6, 6.07) is -0.277. The Morgan fingerprint density at radius 2 is 1.77 bits per heavy atom. The molecule has 142 valence electrons. The van der Waals surface area contributed by atoms with Gasteiger partial charge in [-0.1, -0.05) is 18.0 Å². The third-order valence-corrected chi connectivity index (χ3v) is 6.01. The highest BCUT2D eigenvalue weighted by Crippen LogP contribution is 2.38. The molecule has 2 aliphatic carbocycles. The predicted octanol–water partition coefficient (Wildman–Crippen LogP) is 2.55. The minimum absolute atomic E-state index is 0.0247. The number of piperidine rings is 1. The Bertz CT molecular complexity index is 655. The maximum atomic E-state index is 12.6. The zero-order valence-corrected chi connectivity index (χ0v) is 15.4. The number of aromatic nitrogens is 2. The Hall–Kier alpha value is -1.92. The average molecular weight is 360 g/mol. The van der Waals surface area contributed by atoms with E-state index in [-0.39, 0.29) is 23.8 Å². The molecule has 0 aromatic carbocycles. The Labute approximate surface area is 153 Å². The molecule has 3 aliphatic rings. The van der Waals surface area contributed by atoms with Crippen LogP contribution in [0.4, 0.5) is 0 Å². The lowest BCUT2D eigenvalue weighted by atomic mass is 9.94. The molecule has 2 saturated carbocycles. The molecule has 1 unspecified atom stereocenters. The number of hydrogen-bond donors (Lipinski definition) is 1. The third kappa shape index (κ3) is 3.76. The van der Waals surface area contributed by atoms with Crippen LogP contribution in [-0.4, -0.2) is 39.9 Å². The van der Waals surface area contributed by atoms with Gasteiger partial charge in [0.25, 0.3) is 0 Å². The van der Waals surface area contributed by atoms with Crippen LogP contribution in [0.1, 0.15) is 82.0 Å². The van der Waals surface area contributed by atoms with Crippen molar-refractivity contribution < 1.29 is 14.1 Å². The lowest BCUT2D eigenvalue weighted by Gasteiger charge is -2.33. The van der Waals surface area contributed by atoms with Crippen molar-refractivity contribution in [2.45, 2.75) is 70.3 Å². The molecule has 1 aliphatic heterocycles. The van der Waals surface area contributed by atoms with Crippen LogP contribution >= 0.6 is 0 Å². The molecule has 0 spiro atoms. The summed E-state index contributed by atoms with van der Waals surface area (Å²) in [6.45, 7) is 3.25. The molecule has 1 saturated heterocycles. The molecule has 1 aromatic heterocycles. The molecular formula is C19H28N4O3. The van der Waals surface area contributed by atoms with E-state index < -0.39 is 0 Å². The van der Waals surface area contributed by atoms with E-state index in [4.69, 9.17) is 4.52 Å². The van der Waals surface area contributed by atoms with Crippen molar-refractivity contribution in [2.75, 3.05) is 13.1 Å². The van der Waals surface area contributed by atoms with Crippen LogP contribution in [0.2, 0.25) is 0 Å². The first kappa shape index (κ1) is 17.5. The van der Waals surface area contributed by atoms with E-state index in [2.05, 4.69) is 15.5 Å². The molecule has 2 amide bonds. The van der Waals surface area contributed by atoms with Crippen molar-refractivity contribution in [3.8, 4) is 0 Å². The maximum Gasteiger partial charge on any atom is 0.248 e. The van der Waals surface area contributed by atoms with E-state index in [1.165, 1.54) is 12.8 Å². The van der Waals surface area contributed by atoms with Crippen LogP contribution in [-0.2, 0) is 9.59 Å². The van der Waals surface area contributed by atoms with Crippen molar-refractivity contribution in [3.05, 3.63) is 11.7 Å². The van der Waals surface area contributed by atoms with E-state index in [1.807, 2.05) is 11.8 Å². The van der Waals surface area contributed by atoms with Crippen LogP contribution in [0.3, 0.4) is 0 Å². The van der Waals surface area contributed by atoms with Gasteiger partial charge in [-0.15, -0.1) is 0 Å². The third-order valence-electron chi connectivity index (χ3n) is 6.01. The average Bonchev–Trinajstić information content (AvgIpc) is 3.15. The molecule has 7 heteroatoms. The van der Waals surface area contributed by atoms with Gasteiger partial charge in [0.15, 0.2) is 5.82 Å². The summed E-state index contributed by atoms with van der Waals surface area (Å²) in [5.74, 6) is 2.19. The lowest BCUT2D eigenvalue weighted by molar-refractivity contribution is -0.139. The van der Waals surface area contributed by atoms with Crippen molar-refractivity contribution in [1.82, 2.24) is 20.4 Å². The second-order valence-electron chi connectivity index (χ2n) is 8.08. The Morgan fingerprint density at radius 1 is 1.08 bits per heavy atom. The van der Waals surface area contributed by atoms with Crippen LogP contribution in [0, 0.1) is 11.8 Å². The number of carbonyl (C=O) groups is 2. The second-order valence-corrected chi connectivity index (χ2v) is 8.08. The highest BCUT2D eigenvalue weighted by molar-refractivity contribution is 5.81. The quantitative estimate of drug-likeness (QED) is 0.872. The molecule has 0 bridgehead atoms. The van der Waals surface area contributed by atoms with Gasteiger partial charge in [-0.05, 0) is 45.4 Å². The summed E-state index contributed by atoms with van der Waals surface area (Å²) < 4.78 is 5.29. The standard InChI is InChI=1S/C19H28N4O3/c1-12(18-21-16(22-26-18)13-6-7-13)20-17(24)14-8-10-23(11-9-14)19(25)15-4-2-3-5-15/h12-15H,2-11H2,1H3,(H,20,24). The van der Waals surface area contributed by atoms with E-state index in [1.54, 1.807) is 0 Å². The topological polar surface area (TPSA) is 88.3 Å². The minimum atomic E-state index is -0.277. The molecule has 1 atom stereocenters. The first-order valence-corrected chi connectivity index (χ1v) is 10.0. The van der Waals surface area contributed by atoms with Gasteiger partial charge in [0.1, 0.15) is 6.04 Å². The first-order valence-electron chi connectivity index (χ1n) is 10.0. The van der Waals surface area contributed by atoms with E-state index in [0.717, 1.165) is 44.3 Å². The summed E-state index contributed by atoms with van der Waals surface area (Å²) in [7, 11) is 0. The summed E-state index contributed by atoms with van der Waals surface area (Å²) in [6.07, 6.45) is 8.11. The molecule has 1 aromatic rings. The van der Waals surface area contributed by atoms with Gasteiger partial charge in [-0.25, -0.2) is 0 Å². The molecule has 2 heterocycles. The van der Waals surface area contributed by atoms with Crippen molar-refractivity contribution >= 4 is 11.8 Å². The normalized spacial score (nSPS) is 23.2. The number of nitrogens with one attached hydrogen (secondary N) is 1. The SMILES string of the molecule is CC(NC(=O)C1CCN(C(=O)C2CCCC2)CC1)c1nc(C2CC2)no1. The number of hydrogen-bond acceptors (Lipinski definition) is 5. The molecule has 3 fully saturated rings. The summed E-state index contributed by atoms with van der Waals surface area (Å²) in [5, 5.41) is 7.00. The number of amides is 2. The van der Waals surface area contributed by atoms with E-state index in [0.29, 0.717) is 30.8 Å². The van der Waals surface area contributed by atoms with Gasteiger partial charge < -0.3 is 14.7 Å². The smallest absolute Gasteiger partial charge is 0.248 e. The number of nitrogens with zero attached hydrogens (tertiary/aromatic N) is 3. The number of likely N-dealkylation sites (tertiary alicyclic amines) is 1. The zero-order valence-electron chi connectivity index (χ0n) is 15.4. The van der Waals surface area contributed by atoms with Gasteiger partial charge >= 0.3 is 0 Å². The highest BCUT2D eigenvalue weighted by atomic mass is 16.5. The largest absolute Gasteiger partial charge is 0.344 e. The lowest BCUT2D eigenvalue weighted by Crippen LogP contribution is -2.45. The van der Waals surface area contributed by atoms with Crippen LogP contribution < -0.4 is 5.32 Å². The number of carbonyl (C=O) groups excluding carboxylic acids is 2. The van der Waals surface area contributed by atoms with Crippen LogP contribution in [0.5, 0.6) is 0 Å². The van der Waals surface area contributed by atoms with Gasteiger partial charge in [0, 0.05) is 30.8 Å². The van der Waals surface area contributed by atoms with E-state index >= 15 is 0 Å². The Kier molecular flexibility index (Phi) is 4.96. The summed E-state index contributed by atoms with van der Waals surface area (Å²) in [5.41, 5.74) is 0. The van der Waals surface area contributed by atoms with E-state index in [9.17, 15) is 9.59 Å². The van der Waals surface area contributed by atoms with Gasteiger partial charge in [0.05, 0.1) is 0 Å². The number of rotatable bonds is 5. The van der Waals surface area contributed by atoms with Crippen molar-refractivity contribution in [3.63, 3.8) is 0 Å². The summed E-state index contributed by atoms with van der Waals surface area (Å²) >= 11 is 0. The minimum Gasteiger partial charge on any atom is -0.344 e. The molecule has 26 heavy (non-hydrogen) atoms. The maximum absolute atomic E-state index is 12.6. The molecular weight excluding hydrogens is 332 g/mol. The monoisotopic (exact) mass is 360 g/mol. The first-order chi connectivity index (χ1) is 12.6. The van der Waals surface area contributed by atoms with Gasteiger partial charge in [-0.3, -0.25) is 9.59 Å². The van der Waals surface area contributed by atoms with Crippen LogP contribution in [0.15, 0.2) is 4.52 Å². The van der Waals surface area contributed by atoms with Crippen molar-refractivity contribution in [1.29, 1.82) is 0 Å². The highest BCUT2D eigenvalue weighted by Gasteiger charge is 2.33. The predicted molar refractivity (Wildman–Crippen MR) is 94.1 cm³/mol. The summed E-state index contributed by atoms with van der Waals surface area (Å²) in [4.78, 5) is 31.4. The molecule has 7 nitrogen and oxygen atoms in total. The Balaban J connectivity index is 1.25. The fourth-order valence-electron chi connectivity index (χ4n) is 4.12. The van der Waals surface area contributed by atoms with Crippen LogP contribution in [0.25, 0.3) is 0 Å².